The van der Waals surface area contributed by atoms with Crippen LogP contribution in [0.15, 0.2) is 24.3 Å². The Morgan fingerprint density at radius 2 is 1.90 bits per heavy atom. The van der Waals surface area contributed by atoms with Crippen molar-refractivity contribution in [3.8, 4) is 5.75 Å². The van der Waals surface area contributed by atoms with Gasteiger partial charge in [-0.2, -0.15) is 13.2 Å². The quantitative estimate of drug-likeness (QED) is 0.570. The van der Waals surface area contributed by atoms with E-state index in [9.17, 15) is 31.4 Å². The monoisotopic (exact) mass is 443 g/mol. The Hall–Kier alpha value is -1.52. The summed E-state index contributed by atoms with van der Waals surface area (Å²) in [5.74, 6) is -0.392. The van der Waals surface area contributed by atoms with Crippen molar-refractivity contribution < 1.29 is 40.9 Å². The number of aliphatic hydroxyl groups is 1. The van der Waals surface area contributed by atoms with E-state index in [1.165, 1.54) is 12.1 Å². The first-order valence-electron chi connectivity index (χ1n) is 9.78. The summed E-state index contributed by atoms with van der Waals surface area (Å²) < 4.78 is 85.7. The molecule has 2 rings (SSSR count). The summed E-state index contributed by atoms with van der Waals surface area (Å²) in [5, 5.41) is 12.3. The van der Waals surface area contributed by atoms with E-state index in [4.69, 9.17) is 4.74 Å². The van der Waals surface area contributed by atoms with Crippen LogP contribution in [-0.4, -0.2) is 48.0 Å². The number of alkyl halides is 6. The maximum atomic E-state index is 12.8. The zero-order valence-corrected chi connectivity index (χ0v) is 16.8. The summed E-state index contributed by atoms with van der Waals surface area (Å²) in [7, 11) is 0. The molecule has 1 aliphatic carbocycles. The number of halogens is 6. The number of hydrogen-bond acceptors (Lipinski definition) is 4. The molecule has 0 spiro atoms. The lowest BCUT2D eigenvalue weighted by Crippen LogP contribution is -2.55. The van der Waals surface area contributed by atoms with E-state index in [1.54, 1.807) is 6.07 Å². The van der Waals surface area contributed by atoms with Crippen molar-refractivity contribution in [2.75, 3.05) is 6.54 Å². The standard InChI is InChI=1S/C20H27F6NO3/c1-13(2)29-16-7-4-8-18(11-16,27-12-17(28)19(21,22)23)10-14-5-3-6-15(9-14)30-20(24,25)26/h3,5-6,9,13,16-17,27-28H,4,7-8,10-12H2,1-2H3. The molecule has 0 aromatic heterocycles. The van der Waals surface area contributed by atoms with Crippen molar-refractivity contribution in [1.82, 2.24) is 5.32 Å². The van der Waals surface area contributed by atoms with Gasteiger partial charge in [0.2, 0.25) is 0 Å². The fourth-order valence-corrected chi connectivity index (χ4v) is 3.86. The van der Waals surface area contributed by atoms with E-state index < -0.39 is 36.5 Å². The minimum atomic E-state index is -4.84. The van der Waals surface area contributed by atoms with E-state index in [-0.39, 0.29) is 18.6 Å². The van der Waals surface area contributed by atoms with Crippen LogP contribution in [0.3, 0.4) is 0 Å². The number of rotatable bonds is 8. The highest BCUT2D eigenvalue weighted by atomic mass is 19.4. The second kappa shape index (κ2) is 9.74. The van der Waals surface area contributed by atoms with Gasteiger partial charge in [-0.15, -0.1) is 13.2 Å². The largest absolute Gasteiger partial charge is 0.573 e. The molecule has 1 aromatic carbocycles. The van der Waals surface area contributed by atoms with Gasteiger partial charge in [-0.3, -0.25) is 0 Å². The van der Waals surface area contributed by atoms with Gasteiger partial charge in [0.1, 0.15) is 5.75 Å². The van der Waals surface area contributed by atoms with Crippen LogP contribution in [0.2, 0.25) is 0 Å². The molecular formula is C20H27F6NO3. The van der Waals surface area contributed by atoms with E-state index in [1.807, 2.05) is 13.8 Å². The fraction of sp³-hybridized carbons (Fsp3) is 0.700. The maximum absolute atomic E-state index is 12.8. The molecule has 3 unspecified atom stereocenters. The van der Waals surface area contributed by atoms with Gasteiger partial charge in [0.15, 0.2) is 6.10 Å². The smallest absolute Gasteiger partial charge is 0.406 e. The SMILES string of the molecule is CC(C)OC1CCCC(Cc2cccc(OC(F)(F)F)c2)(NCC(O)C(F)(F)F)C1. The van der Waals surface area contributed by atoms with Crippen LogP contribution in [0.25, 0.3) is 0 Å². The van der Waals surface area contributed by atoms with Crippen LogP contribution < -0.4 is 10.1 Å². The number of nitrogens with one attached hydrogen (secondary N) is 1. The van der Waals surface area contributed by atoms with E-state index >= 15 is 0 Å². The summed E-state index contributed by atoms with van der Waals surface area (Å²) in [6.45, 7) is 3.00. The predicted octanol–water partition coefficient (Wildman–Crippen LogP) is 4.75. The van der Waals surface area contributed by atoms with Crippen LogP contribution >= 0.6 is 0 Å². The minimum absolute atomic E-state index is 0.0740. The summed E-state index contributed by atoms with van der Waals surface area (Å²) in [5.41, 5.74) is -0.378. The van der Waals surface area contributed by atoms with Crippen LogP contribution in [0, 0.1) is 0 Å². The lowest BCUT2D eigenvalue weighted by molar-refractivity contribution is -0.274. The Balaban J connectivity index is 2.22. The van der Waals surface area contributed by atoms with E-state index in [0.29, 0.717) is 24.8 Å². The Labute approximate surface area is 171 Å². The molecule has 1 saturated carbocycles. The minimum Gasteiger partial charge on any atom is -0.406 e. The molecule has 172 valence electrons. The lowest BCUT2D eigenvalue weighted by Gasteiger charge is -2.43. The maximum Gasteiger partial charge on any atom is 0.573 e. The van der Waals surface area contributed by atoms with Gasteiger partial charge in [-0.05, 0) is 63.6 Å². The average molecular weight is 443 g/mol. The molecule has 30 heavy (non-hydrogen) atoms. The fourth-order valence-electron chi connectivity index (χ4n) is 3.86. The van der Waals surface area contributed by atoms with Gasteiger partial charge in [0.05, 0.1) is 12.2 Å². The van der Waals surface area contributed by atoms with Gasteiger partial charge in [-0.25, -0.2) is 0 Å². The summed E-state index contributed by atoms with van der Waals surface area (Å²) in [4.78, 5) is 0. The lowest BCUT2D eigenvalue weighted by atomic mass is 9.76. The summed E-state index contributed by atoms with van der Waals surface area (Å²) >= 11 is 0. The molecule has 0 bridgehead atoms. The molecule has 1 aromatic rings. The first-order chi connectivity index (χ1) is 13.8. The molecule has 0 heterocycles. The second-order valence-corrected chi connectivity index (χ2v) is 7.99. The summed E-state index contributed by atoms with van der Waals surface area (Å²) in [6.07, 6.45) is -9.97. The zero-order chi connectivity index (χ0) is 22.6. The van der Waals surface area contributed by atoms with Gasteiger partial charge in [-0.1, -0.05) is 12.1 Å². The van der Waals surface area contributed by atoms with Crippen LogP contribution in [0.4, 0.5) is 26.3 Å². The Kier molecular flexibility index (Phi) is 8.03. The predicted molar refractivity (Wildman–Crippen MR) is 98.1 cm³/mol. The number of β-amino-alcohol motifs (C(OH)–C–C–N with tert-alkyl or cyclic N) is 1. The zero-order valence-electron chi connectivity index (χ0n) is 16.8. The Morgan fingerprint density at radius 1 is 1.20 bits per heavy atom. The molecule has 2 N–H and O–H groups in total. The highest BCUT2D eigenvalue weighted by molar-refractivity contribution is 5.30. The van der Waals surface area contributed by atoms with E-state index in [0.717, 1.165) is 12.5 Å². The number of aliphatic hydroxyl groups excluding tert-OH is 1. The molecule has 0 saturated heterocycles. The third kappa shape index (κ3) is 7.96. The highest BCUT2D eigenvalue weighted by Crippen LogP contribution is 2.35. The van der Waals surface area contributed by atoms with Crippen LogP contribution in [0.5, 0.6) is 5.75 Å². The van der Waals surface area contributed by atoms with Crippen molar-refractivity contribution in [2.24, 2.45) is 0 Å². The molecule has 0 amide bonds. The van der Waals surface area contributed by atoms with Gasteiger partial charge in [0, 0.05) is 12.1 Å². The van der Waals surface area contributed by atoms with Gasteiger partial charge < -0.3 is 19.9 Å². The third-order valence-electron chi connectivity index (χ3n) is 4.99. The number of hydrogen-bond donors (Lipinski definition) is 2. The van der Waals surface area contributed by atoms with Crippen molar-refractivity contribution in [2.45, 2.75) is 82.3 Å². The third-order valence-corrected chi connectivity index (χ3v) is 4.99. The van der Waals surface area contributed by atoms with Crippen LogP contribution in [0.1, 0.15) is 45.1 Å². The molecular weight excluding hydrogens is 416 g/mol. The molecule has 3 atom stereocenters. The molecule has 4 nitrogen and oxygen atoms in total. The topological polar surface area (TPSA) is 50.7 Å². The average Bonchev–Trinajstić information content (AvgIpc) is 2.57. The Bertz CT molecular complexity index is 679. The second-order valence-electron chi connectivity index (χ2n) is 7.99. The molecule has 0 aliphatic heterocycles. The first kappa shape index (κ1) is 24.7. The number of benzene rings is 1. The number of ether oxygens (including phenoxy) is 2. The van der Waals surface area contributed by atoms with Crippen LogP contribution in [-0.2, 0) is 11.2 Å². The normalized spacial score (nSPS) is 24.1. The Morgan fingerprint density at radius 3 is 2.50 bits per heavy atom. The van der Waals surface area contributed by atoms with Crippen molar-refractivity contribution >= 4 is 0 Å². The van der Waals surface area contributed by atoms with Gasteiger partial charge in [0.25, 0.3) is 0 Å². The van der Waals surface area contributed by atoms with Crippen molar-refractivity contribution in [1.29, 1.82) is 0 Å². The molecule has 1 fully saturated rings. The van der Waals surface area contributed by atoms with Gasteiger partial charge >= 0.3 is 12.5 Å². The van der Waals surface area contributed by atoms with Crippen molar-refractivity contribution in [3.63, 3.8) is 0 Å². The highest BCUT2D eigenvalue weighted by Gasteiger charge is 2.42. The summed E-state index contributed by atoms with van der Waals surface area (Å²) in [6, 6.07) is 5.39. The first-order valence-corrected chi connectivity index (χ1v) is 9.78. The molecule has 10 heteroatoms. The molecule has 1 aliphatic rings. The van der Waals surface area contributed by atoms with Crippen molar-refractivity contribution in [3.05, 3.63) is 29.8 Å². The molecule has 0 radical (unpaired) electrons. The van der Waals surface area contributed by atoms with E-state index in [2.05, 4.69) is 10.1 Å².